The Balaban J connectivity index is 1.72. The monoisotopic (exact) mass is 371 g/mol. The van der Waals surface area contributed by atoms with Crippen molar-refractivity contribution in [1.29, 1.82) is 0 Å². The minimum Gasteiger partial charge on any atom is -0.619 e. The second kappa shape index (κ2) is 5.77. The van der Waals surface area contributed by atoms with E-state index in [0.717, 1.165) is 24.1 Å². The summed E-state index contributed by atoms with van der Waals surface area (Å²) in [4.78, 5) is 28.6. The molecule has 0 bridgehead atoms. The molecule has 0 aliphatic heterocycles. The molecular weight excluding hydrogens is 350 g/mol. The molecule has 2 aromatic heterocycles. The van der Waals surface area contributed by atoms with E-state index in [9.17, 15) is 19.9 Å². The van der Waals surface area contributed by atoms with E-state index in [-0.39, 0.29) is 5.69 Å². The number of nitrogens with zero attached hydrogens (tertiary/aromatic N) is 4. The highest BCUT2D eigenvalue weighted by molar-refractivity contribution is 5.97. The molecule has 27 heavy (non-hydrogen) atoms. The Labute approximate surface area is 155 Å². The highest BCUT2D eigenvalue weighted by Crippen LogP contribution is 2.57. The van der Waals surface area contributed by atoms with Crippen LogP contribution in [0.3, 0.4) is 0 Å². The summed E-state index contributed by atoms with van der Waals surface area (Å²) < 4.78 is 2.19. The molecule has 9 nitrogen and oxygen atoms in total. The summed E-state index contributed by atoms with van der Waals surface area (Å²) in [5.41, 5.74) is 1.31. The zero-order valence-corrected chi connectivity index (χ0v) is 15.3. The molecule has 2 aliphatic rings. The van der Waals surface area contributed by atoms with Crippen LogP contribution < -0.4 is 10.0 Å². The highest BCUT2D eigenvalue weighted by Gasteiger charge is 2.50. The number of carbonyl (C=O) groups excluding carboxylic acids is 1. The average molecular weight is 371 g/mol. The molecule has 2 heterocycles. The number of aliphatic carboxylic acids is 1. The number of fused-ring (bicyclic) bond motifs is 3. The van der Waals surface area contributed by atoms with Crippen LogP contribution in [0.15, 0.2) is 18.6 Å². The van der Waals surface area contributed by atoms with Crippen LogP contribution in [-0.4, -0.2) is 37.8 Å². The first-order chi connectivity index (χ1) is 12.7. The van der Waals surface area contributed by atoms with Crippen molar-refractivity contribution in [3.63, 3.8) is 0 Å². The van der Waals surface area contributed by atoms with E-state index in [2.05, 4.69) is 15.4 Å². The number of hydrogen-bond acceptors (Lipinski definition) is 5. The Hall–Kier alpha value is -2.97. The van der Waals surface area contributed by atoms with Crippen molar-refractivity contribution in [3.8, 4) is 5.82 Å². The van der Waals surface area contributed by atoms with Gasteiger partial charge in [-0.25, -0.2) is 14.5 Å². The van der Waals surface area contributed by atoms with Gasteiger partial charge in [-0.3, -0.25) is 4.79 Å². The van der Waals surface area contributed by atoms with Gasteiger partial charge in [0.2, 0.25) is 12.0 Å². The van der Waals surface area contributed by atoms with E-state index >= 15 is 0 Å². The van der Waals surface area contributed by atoms with E-state index in [1.807, 2.05) is 0 Å². The minimum absolute atomic E-state index is 0.218. The standard InChI is InChI=1S/C18H21N5O4/c1-18(2,3)15(17(25)26)20-16(24)13-11-7-9-6-10(9)14(11)23(21-13)12-8-22(27)5-4-19-12/h4-5,8-10,15H,6-7H2,1-3H3,(H,20,24)(H,25,26)/t9-,10-,15?/m0/s1. The van der Waals surface area contributed by atoms with Crippen molar-refractivity contribution >= 4 is 11.9 Å². The number of rotatable bonds is 4. The van der Waals surface area contributed by atoms with Crippen LogP contribution in [0.5, 0.6) is 0 Å². The van der Waals surface area contributed by atoms with Crippen LogP contribution in [0.2, 0.25) is 0 Å². The SMILES string of the molecule is CC(C)(C)C(NC(=O)c1nn(-c2c[n+]([O-])ccn2)c2c1C[C@@H]1C[C@H]21)C(=O)O. The maximum Gasteiger partial charge on any atom is 0.326 e. The highest BCUT2D eigenvalue weighted by atomic mass is 16.5. The summed E-state index contributed by atoms with van der Waals surface area (Å²) in [6.07, 6.45) is 5.74. The van der Waals surface area contributed by atoms with Gasteiger partial charge in [0.05, 0.1) is 11.9 Å². The second-order valence-corrected chi connectivity index (χ2v) is 8.32. The third kappa shape index (κ3) is 2.92. The maximum atomic E-state index is 12.9. The zero-order chi connectivity index (χ0) is 19.5. The molecule has 9 heteroatoms. The molecule has 3 atom stereocenters. The zero-order valence-electron chi connectivity index (χ0n) is 15.3. The van der Waals surface area contributed by atoms with Crippen LogP contribution >= 0.6 is 0 Å². The first-order valence-electron chi connectivity index (χ1n) is 8.87. The van der Waals surface area contributed by atoms with Crippen LogP contribution in [0, 0.1) is 16.5 Å². The molecule has 2 N–H and O–H groups in total. The fourth-order valence-corrected chi connectivity index (χ4v) is 3.80. The quantitative estimate of drug-likeness (QED) is 0.605. The van der Waals surface area contributed by atoms with E-state index in [1.54, 1.807) is 25.5 Å². The van der Waals surface area contributed by atoms with Crippen molar-refractivity contribution in [1.82, 2.24) is 20.1 Å². The topological polar surface area (TPSA) is 124 Å². The molecule has 4 rings (SSSR count). The largest absolute Gasteiger partial charge is 0.619 e. The summed E-state index contributed by atoms with van der Waals surface area (Å²) in [6.45, 7) is 5.27. The van der Waals surface area contributed by atoms with Crippen molar-refractivity contribution in [2.75, 3.05) is 0 Å². The Morgan fingerprint density at radius 2 is 2.19 bits per heavy atom. The summed E-state index contributed by atoms with van der Waals surface area (Å²) >= 11 is 0. The van der Waals surface area contributed by atoms with Gasteiger partial charge < -0.3 is 15.6 Å². The normalized spacial score (nSPS) is 21.3. The smallest absolute Gasteiger partial charge is 0.326 e. The molecule has 0 radical (unpaired) electrons. The molecule has 142 valence electrons. The minimum atomic E-state index is -1.09. The Bertz CT molecular complexity index is 946. The molecule has 2 aliphatic carbocycles. The third-order valence-corrected chi connectivity index (χ3v) is 5.25. The molecule has 0 saturated heterocycles. The molecule has 0 spiro atoms. The second-order valence-electron chi connectivity index (χ2n) is 8.32. The summed E-state index contributed by atoms with van der Waals surface area (Å²) in [5.74, 6) is -0.460. The van der Waals surface area contributed by atoms with E-state index in [1.165, 1.54) is 18.6 Å². The molecule has 1 fully saturated rings. The number of aromatic nitrogens is 4. The van der Waals surface area contributed by atoms with Gasteiger partial charge in [0.15, 0.2) is 11.9 Å². The Morgan fingerprint density at radius 3 is 2.81 bits per heavy atom. The van der Waals surface area contributed by atoms with Gasteiger partial charge in [-0.1, -0.05) is 20.8 Å². The molecule has 1 unspecified atom stereocenters. The number of carboxylic acid groups (broad SMARTS) is 1. The lowest BCUT2D eigenvalue weighted by Crippen LogP contribution is -2.49. The van der Waals surface area contributed by atoms with E-state index in [0.29, 0.717) is 22.4 Å². The van der Waals surface area contributed by atoms with Crippen molar-refractivity contribution < 1.29 is 19.4 Å². The number of carboxylic acids is 1. The van der Waals surface area contributed by atoms with Crippen LogP contribution in [-0.2, 0) is 11.2 Å². The van der Waals surface area contributed by atoms with Gasteiger partial charge in [0.1, 0.15) is 6.04 Å². The maximum absolute atomic E-state index is 12.9. The van der Waals surface area contributed by atoms with Gasteiger partial charge in [-0.05, 0) is 24.2 Å². The van der Waals surface area contributed by atoms with Crippen molar-refractivity contribution in [2.45, 2.75) is 45.6 Å². The molecule has 1 amide bonds. The van der Waals surface area contributed by atoms with Gasteiger partial charge in [-0.2, -0.15) is 9.83 Å². The van der Waals surface area contributed by atoms with Gasteiger partial charge in [-0.15, -0.1) is 0 Å². The van der Waals surface area contributed by atoms with Gasteiger partial charge >= 0.3 is 5.97 Å². The van der Waals surface area contributed by atoms with Gasteiger partial charge in [0.25, 0.3) is 5.91 Å². The number of hydrogen-bond donors (Lipinski definition) is 2. The number of amides is 1. The molecule has 0 aromatic carbocycles. The summed E-state index contributed by atoms with van der Waals surface area (Å²) in [7, 11) is 0. The summed E-state index contributed by atoms with van der Waals surface area (Å²) in [5, 5.41) is 28.1. The number of carbonyl (C=O) groups is 2. The van der Waals surface area contributed by atoms with Crippen LogP contribution in [0.4, 0.5) is 0 Å². The molecule has 2 aromatic rings. The third-order valence-electron chi connectivity index (χ3n) is 5.25. The molecule has 1 saturated carbocycles. The van der Waals surface area contributed by atoms with Crippen molar-refractivity contribution in [3.05, 3.63) is 40.7 Å². The summed E-state index contributed by atoms with van der Waals surface area (Å²) in [6, 6.07) is -1.04. The van der Waals surface area contributed by atoms with Crippen LogP contribution in [0.1, 0.15) is 54.9 Å². The lowest BCUT2D eigenvalue weighted by molar-refractivity contribution is -0.605. The first kappa shape index (κ1) is 17.4. The molecular formula is C18H21N5O4. The predicted molar refractivity (Wildman–Crippen MR) is 93.2 cm³/mol. The van der Waals surface area contributed by atoms with E-state index < -0.39 is 23.3 Å². The van der Waals surface area contributed by atoms with E-state index in [4.69, 9.17) is 0 Å². The number of nitrogens with one attached hydrogen (secondary N) is 1. The van der Waals surface area contributed by atoms with Crippen LogP contribution in [0.25, 0.3) is 5.82 Å². The average Bonchev–Trinajstić information content (AvgIpc) is 3.07. The lowest BCUT2D eigenvalue weighted by Gasteiger charge is -2.27. The fraction of sp³-hybridized carbons (Fsp3) is 0.500. The van der Waals surface area contributed by atoms with Crippen molar-refractivity contribution in [2.24, 2.45) is 11.3 Å². The predicted octanol–water partition coefficient (Wildman–Crippen LogP) is 0.789. The Morgan fingerprint density at radius 1 is 1.44 bits per heavy atom. The first-order valence-corrected chi connectivity index (χ1v) is 8.87. The fourth-order valence-electron chi connectivity index (χ4n) is 3.80. The van der Waals surface area contributed by atoms with Gasteiger partial charge in [0, 0.05) is 11.5 Å². The lowest BCUT2D eigenvalue weighted by atomic mass is 9.86. The Kier molecular flexibility index (Phi) is 3.72.